The fourth-order valence-electron chi connectivity index (χ4n) is 2.53. The van der Waals surface area contributed by atoms with Gasteiger partial charge in [-0.15, -0.1) is 35.3 Å². The number of thiophene rings is 1. The van der Waals surface area contributed by atoms with Crippen LogP contribution in [-0.4, -0.2) is 18.5 Å². The molecule has 6 heteroatoms. The summed E-state index contributed by atoms with van der Waals surface area (Å²) in [7, 11) is 0. The van der Waals surface area contributed by atoms with E-state index < -0.39 is 0 Å². The molecule has 1 fully saturated rings. The standard InChI is InChI=1S/C17H20FN3S.HI/c1-2-19-17(20-11-12-6-5-9-22-12)21-16-10-14(16)13-7-3-4-8-15(13)18;/h3-9,14,16H,2,10-11H2,1H3,(H2,19,20,21);1H. The Morgan fingerprint density at radius 1 is 1.30 bits per heavy atom. The predicted octanol–water partition coefficient (Wildman–Crippen LogP) is 4.12. The second-order valence-electron chi connectivity index (χ2n) is 5.39. The van der Waals surface area contributed by atoms with Crippen LogP contribution in [0.15, 0.2) is 46.8 Å². The number of nitrogens with zero attached hydrogens (tertiary/aromatic N) is 1. The number of rotatable bonds is 5. The van der Waals surface area contributed by atoms with Crippen molar-refractivity contribution in [3.63, 3.8) is 0 Å². The van der Waals surface area contributed by atoms with Gasteiger partial charge in [-0.1, -0.05) is 24.3 Å². The Bertz CT molecular complexity index is 645. The van der Waals surface area contributed by atoms with Crippen LogP contribution in [0.5, 0.6) is 0 Å². The topological polar surface area (TPSA) is 36.4 Å². The van der Waals surface area contributed by atoms with Crippen molar-refractivity contribution >= 4 is 41.3 Å². The lowest BCUT2D eigenvalue weighted by molar-refractivity contribution is 0.607. The molecule has 124 valence electrons. The number of halogens is 2. The van der Waals surface area contributed by atoms with Gasteiger partial charge in [0.2, 0.25) is 0 Å². The smallest absolute Gasteiger partial charge is 0.191 e. The van der Waals surface area contributed by atoms with Crippen molar-refractivity contribution in [2.24, 2.45) is 4.99 Å². The van der Waals surface area contributed by atoms with E-state index in [4.69, 9.17) is 0 Å². The van der Waals surface area contributed by atoms with Crippen molar-refractivity contribution in [1.82, 2.24) is 10.6 Å². The summed E-state index contributed by atoms with van der Waals surface area (Å²) in [6.07, 6.45) is 0.949. The van der Waals surface area contributed by atoms with E-state index in [1.54, 1.807) is 17.4 Å². The Morgan fingerprint density at radius 3 is 2.83 bits per heavy atom. The van der Waals surface area contributed by atoms with Gasteiger partial charge in [0.15, 0.2) is 5.96 Å². The minimum Gasteiger partial charge on any atom is -0.357 e. The van der Waals surface area contributed by atoms with Gasteiger partial charge in [0.25, 0.3) is 0 Å². The fraction of sp³-hybridized carbons (Fsp3) is 0.353. The van der Waals surface area contributed by atoms with Gasteiger partial charge in [0.1, 0.15) is 5.82 Å². The van der Waals surface area contributed by atoms with Crippen LogP contribution in [-0.2, 0) is 6.54 Å². The quantitative estimate of drug-likeness (QED) is 0.413. The van der Waals surface area contributed by atoms with Gasteiger partial charge < -0.3 is 10.6 Å². The first-order valence-electron chi connectivity index (χ1n) is 7.59. The largest absolute Gasteiger partial charge is 0.357 e. The van der Waals surface area contributed by atoms with E-state index in [1.807, 2.05) is 25.1 Å². The van der Waals surface area contributed by atoms with E-state index in [9.17, 15) is 4.39 Å². The molecule has 2 aromatic rings. The normalized spacial score (nSPS) is 19.8. The maximum atomic E-state index is 13.8. The molecule has 1 saturated carbocycles. The Balaban J connectivity index is 0.00000192. The van der Waals surface area contributed by atoms with Gasteiger partial charge >= 0.3 is 0 Å². The van der Waals surface area contributed by atoms with Crippen LogP contribution in [0.2, 0.25) is 0 Å². The molecule has 0 spiro atoms. The van der Waals surface area contributed by atoms with Crippen LogP contribution in [0.1, 0.15) is 29.7 Å². The number of aliphatic imine (C=N–C) groups is 1. The zero-order valence-electron chi connectivity index (χ0n) is 13.0. The van der Waals surface area contributed by atoms with Gasteiger partial charge in [-0.05, 0) is 36.4 Å². The highest BCUT2D eigenvalue weighted by molar-refractivity contribution is 14.0. The van der Waals surface area contributed by atoms with Gasteiger partial charge in [-0.2, -0.15) is 0 Å². The second-order valence-corrected chi connectivity index (χ2v) is 6.42. The summed E-state index contributed by atoms with van der Waals surface area (Å²) in [6.45, 7) is 3.53. The predicted molar refractivity (Wildman–Crippen MR) is 105 cm³/mol. The third-order valence-corrected chi connectivity index (χ3v) is 4.60. The van der Waals surface area contributed by atoms with Crippen LogP contribution < -0.4 is 10.6 Å². The van der Waals surface area contributed by atoms with Gasteiger partial charge in [0, 0.05) is 23.4 Å². The number of nitrogens with one attached hydrogen (secondary N) is 2. The highest BCUT2D eigenvalue weighted by atomic mass is 127. The molecule has 2 N–H and O–H groups in total. The van der Waals surface area contributed by atoms with Gasteiger partial charge in [-0.25, -0.2) is 9.38 Å². The zero-order valence-corrected chi connectivity index (χ0v) is 16.1. The summed E-state index contributed by atoms with van der Waals surface area (Å²) in [4.78, 5) is 5.83. The number of benzene rings is 1. The van der Waals surface area contributed by atoms with E-state index in [2.05, 4.69) is 27.1 Å². The highest BCUT2D eigenvalue weighted by Crippen LogP contribution is 2.41. The van der Waals surface area contributed by atoms with Crippen LogP contribution in [0.3, 0.4) is 0 Å². The van der Waals surface area contributed by atoms with Crippen LogP contribution >= 0.6 is 35.3 Å². The molecule has 0 radical (unpaired) electrons. The molecule has 3 nitrogen and oxygen atoms in total. The lowest BCUT2D eigenvalue weighted by Crippen LogP contribution is -2.39. The number of hydrogen-bond donors (Lipinski definition) is 2. The third kappa shape index (κ3) is 4.91. The molecule has 1 aromatic carbocycles. The Labute approximate surface area is 157 Å². The monoisotopic (exact) mass is 445 g/mol. The SMILES string of the molecule is CCNC(=NCc1cccs1)NC1CC1c1ccccc1F.I. The van der Waals surface area contributed by atoms with E-state index in [0.717, 1.165) is 24.5 Å². The first kappa shape index (κ1) is 18.2. The van der Waals surface area contributed by atoms with Crippen molar-refractivity contribution in [1.29, 1.82) is 0 Å². The Kier molecular flexibility index (Phi) is 6.83. The molecular formula is C17H21FIN3S. The lowest BCUT2D eigenvalue weighted by atomic mass is 10.1. The lowest BCUT2D eigenvalue weighted by Gasteiger charge is -2.11. The summed E-state index contributed by atoms with van der Waals surface area (Å²) >= 11 is 1.70. The summed E-state index contributed by atoms with van der Waals surface area (Å²) in [5.41, 5.74) is 0.800. The summed E-state index contributed by atoms with van der Waals surface area (Å²) in [5.74, 6) is 0.934. The Morgan fingerprint density at radius 2 is 2.13 bits per heavy atom. The van der Waals surface area contributed by atoms with Crippen LogP contribution in [0, 0.1) is 5.82 Å². The first-order valence-corrected chi connectivity index (χ1v) is 8.47. The molecule has 3 rings (SSSR count). The highest BCUT2D eigenvalue weighted by Gasteiger charge is 2.40. The minimum atomic E-state index is -0.114. The Hall–Kier alpha value is -1.15. The fourth-order valence-corrected chi connectivity index (χ4v) is 3.16. The van der Waals surface area contributed by atoms with Crippen molar-refractivity contribution in [2.45, 2.75) is 31.8 Å². The molecule has 1 aliphatic rings. The molecule has 2 unspecified atom stereocenters. The van der Waals surface area contributed by atoms with E-state index in [0.29, 0.717) is 6.54 Å². The molecular weight excluding hydrogens is 424 g/mol. The molecule has 1 heterocycles. The van der Waals surface area contributed by atoms with Crippen molar-refractivity contribution in [2.75, 3.05) is 6.54 Å². The van der Waals surface area contributed by atoms with E-state index >= 15 is 0 Å². The summed E-state index contributed by atoms with van der Waals surface area (Å²) in [6, 6.07) is 11.4. The average Bonchev–Trinajstić information content (AvgIpc) is 3.07. The number of guanidine groups is 1. The first-order chi connectivity index (χ1) is 10.8. The maximum absolute atomic E-state index is 13.8. The van der Waals surface area contributed by atoms with Crippen molar-refractivity contribution in [3.8, 4) is 0 Å². The zero-order chi connectivity index (χ0) is 15.4. The molecule has 1 aliphatic carbocycles. The molecule has 0 bridgehead atoms. The van der Waals surface area contributed by atoms with Crippen LogP contribution in [0.25, 0.3) is 0 Å². The minimum absolute atomic E-state index is 0. The van der Waals surface area contributed by atoms with E-state index in [-0.39, 0.29) is 41.8 Å². The van der Waals surface area contributed by atoms with Crippen LogP contribution in [0.4, 0.5) is 4.39 Å². The summed E-state index contributed by atoms with van der Waals surface area (Å²) < 4.78 is 13.8. The van der Waals surface area contributed by atoms with Gasteiger partial charge in [-0.3, -0.25) is 0 Å². The molecule has 2 atom stereocenters. The second kappa shape index (κ2) is 8.63. The van der Waals surface area contributed by atoms with Crippen molar-refractivity contribution < 1.29 is 4.39 Å². The molecule has 0 aliphatic heterocycles. The maximum Gasteiger partial charge on any atom is 0.191 e. The molecule has 0 saturated heterocycles. The third-order valence-electron chi connectivity index (χ3n) is 3.73. The summed E-state index contributed by atoms with van der Waals surface area (Å²) in [5, 5.41) is 8.72. The van der Waals surface area contributed by atoms with Gasteiger partial charge in [0.05, 0.1) is 6.54 Å². The van der Waals surface area contributed by atoms with Crippen molar-refractivity contribution in [3.05, 3.63) is 58.0 Å². The molecule has 23 heavy (non-hydrogen) atoms. The molecule has 1 aromatic heterocycles. The molecule has 0 amide bonds. The average molecular weight is 445 g/mol. The van der Waals surface area contributed by atoms with E-state index in [1.165, 1.54) is 10.9 Å². The number of hydrogen-bond acceptors (Lipinski definition) is 2.